The molecule has 1 aromatic rings. The lowest BCUT2D eigenvalue weighted by molar-refractivity contribution is 0.104. The average Bonchev–Trinajstić information content (AvgIpc) is 2.42. The van der Waals surface area contributed by atoms with Gasteiger partial charge in [-0.1, -0.05) is 47.1 Å². The standard InChI is InChI=1S/C12H18N2O.C3H8.C2H6/c1-3-14-6-4-5-11(12(14)15)9-13-7-10(2)8-13;1-3-2;1-2/h4-6,10H,3,7-9H2,1-2H3;3H2,1-2H3;1-2H3. The molecule has 2 heterocycles. The third-order valence-electron chi connectivity index (χ3n) is 2.97. The van der Waals surface area contributed by atoms with E-state index in [0.717, 1.165) is 37.7 Å². The van der Waals surface area contributed by atoms with Gasteiger partial charge in [0.25, 0.3) is 5.56 Å². The molecule has 2 rings (SSSR count). The molecule has 1 saturated heterocycles. The Bertz CT molecular complexity index is 406. The molecule has 1 aromatic heterocycles. The normalized spacial score (nSPS) is 14.5. The molecular weight excluding hydrogens is 248 g/mol. The van der Waals surface area contributed by atoms with Crippen molar-refractivity contribution in [1.29, 1.82) is 0 Å². The number of pyridine rings is 1. The minimum absolute atomic E-state index is 0.166. The fourth-order valence-electron chi connectivity index (χ4n) is 2.15. The zero-order valence-corrected chi connectivity index (χ0v) is 14.1. The minimum atomic E-state index is 0.166. The van der Waals surface area contributed by atoms with Gasteiger partial charge in [0.15, 0.2) is 0 Å². The second kappa shape index (κ2) is 10.7. The van der Waals surface area contributed by atoms with Gasteiger partial charge in [0, 0.05) is 37.9 Å². The first-order valence-electron chi connectivity index (χ1n) is 8.02. The van der Waals surface area contributed by atoms with Crippen LogP contribution in [0.5, 0.6) is 0 Å². The maximum Gasteiger partial charge on any atom is 0.255 e. The van der Waals surface area contributed by atoms with E-state index in [0.29, 0.717) is 0 Å². The van der Waals surface area contributed by atoms with Gasteiger partial charge in [-0.2, -0.15) is 0 Å². The summed E-state index contributed by atoms with van der Waals surface area (Å²) in [5.41, 5.74) is 1.09. The first-order valence-corrected chi connectivity index (χ1v) is 8.02. The molecule has 3 nitrogen and oxygen atoms in total. The zero-order valence-electron chi connectivity index (χ0n) is 14.1. The fourth-order valence-corrected chi connectivity index (χ4v) is 2.15. The molecule has 1 aliphatic rings. The Labute approximate surface area is 124 Å². The van der Waals surface area contributed by atoms with Gasteiger partial charge in [-0.25, -0.2) is 0 Å². The Morgan fingerprint density at radius 3 is 2.20 bits per heavy atom. The molecule has 0 amide bonds. The molecule has 0 saturated carbocycles. The average molecular weight is 280 g/mol. The summed E-state index contributed by atoms with van der Waals surface area (Å²) in [6.45, 7) is 16.3. The lowest BCUT2D eigenvalue weighted by Crippen LogP contribution is -2.45. The van der Waals surface area contributed by atoms with Crippen LogP contribution in [0.25, 0.3) is 0 Å². The second-order valence-corrected chi connectivity index (χ2v) is 5.13. The molecule has 1 aliphatic heterocycles. The fraction of sp³-hybridized carbons (Fsp3) is 0.706. The zero-order chi connectivity index (χ0) is 15.5. The van der Waals surface area contributed by atoms with E-state index in [1.54, 1.807) is 4.57 Å². The Kier molecular flexibility index (Phi) is 10.1. The van der Waals surface area contributed by atoms with E-state index in [2.05, 4.69) is 25.7 Å². The van der Waals surface area contributed by atoms with E-state index in [1.807, 2.05) is 39.1 Å². The highest BCUT2D eigenvalue weighted by molar-refractivity contribution is 5.10. The van der Waals surface area contributed by atoms with E-state index in [1.165, 1.54) is 6.42 Å². The lowest BCUT2D eigenvalue weighted by Gasteiger charge is -2.36. The van der Waals surface area contributed by atoms with E-state index in [4.69, 9.17) is 0 Å². The van der Waals surface area contributed by atoms with E-state index in [9.17, 15) is 4.79 Å². The number of hydrogen-bond donors (Lipinski definition) is 0. The lowest BCUT2D eigenvalue weighted by atomic mass is 10.0. The van der Waals surface area contributed by atoms with Crippen LogP contribution in [0.2, 0.25) is 0 Å². The first kappa shape index (κ1) is 18.9. The predicted molar refractivity (Wildman–Crippen MR) is 88.1 cm³/mol. The summed E-state index contributed by atoms with van der Waals surface area (Å²) >= 11 is 0. The van der Waals surface area contributed by atoms with Crippen LogP contribution >= 0.6 is 0 Å². The van der Waals surface area contributed by atoms with Crippen molar-refractivity contribution in [2.75, 3.05) is 13.1 Å². The van der Waals surface area contributed by atoms with Gasteiger partial charge in [0.1, 0.15) is 0 Å². The van der Waals surface area contributed by atoms with Crippen molar-refractivity contribution in [3.8, 4) is 0 Å². The summed E-state index contributed by atoms with van der Waals surface area (Å²) in [5, 5.41) is 0. The molecule has 116 valence electrons. The van der Waals surface area contributed by atoms with Crippen molar-refractivity contribution in [2.45, 2.75) is 61.1 Å². The highest BCUT2D eigenvalue weighted by Gasteiger charge is 2.22. The molecule has 0 unspecified atom stereocenters. The molecule has 20 heavy (non-hydrogen) atoms. The number of hydrogen-bond acceptors (Lipinski definition) is 2. The monoisotopic (exact) mass is 280 g/mol. The van der Waals surface area contributed by atoms with Crippen LogP contribution < -0.4 is 5.56 Å². The van der Waals surface area contributed by atoms with Crippen LogP contribution in [0.1, 0.15) is 53.5 Å². The number of aryl methyl sites for hydroxylation is 1. The molecule has 0 aliphatic carbocycles. The van der Waals surface area contributed by atoms with Crippen molar-refractivity contribution >= 4 is 0 Å². The second-order valence-electron chi connectivity index (χ2n) is 5.13. The Hall–Kier alpha value is -1.09. The van der Waals surface area contributed by atoms with Crippen molar-refractivity contribution in [2.24, 2.45) is 5.92 Å². The third-order valence-corrected chi connectivity index (χ3v) is 2.97. The summed E-state index contributed by atoms with van der Waals surface area (Å²) in [6.07, 6.45) is 3.10. The van der Waals surface area contributed by atoms with Gasteiger partial charge in [-0.3, -0.25) is 9.69 Å². The van der Waals surface area contributed by atoms with Crippen LogP contribution in [0, 0.1) is 5.92 Å². The number of likely N-dealkylation sites (tertiary alicyclic amines) is 1. The van der Waals surface area contributed by atoms with Gasteiger partial charge < -0.3 is 4.57 Å². The van der Waals surface area contributed by atoms with Gasteiger partial charge in [0.05, 0.1) is 0 Å². The maximum atomic E-state index is 11.9. The van der Waals surface area contributed by atoms with Crippen molar-refractivity contribution < 1.29 is 0 Å². The topological polar surface area (TPSA) is 25.2 Å². The Morgan fingerprint density at radius 1 is 1.20 bits per heavy atom. The van der Waals surface area contributed by atoms with Crippen LogP contribution in [-0.4, -0.2) is 22.6 Å². The number of aromatic nitrogens is 1. The minimum Gasteiger partial charge on any atom is -0.316 e. The molecular formula is C17H32N2O. The maximum absolute atomic E-state index is 11.9. The Balaban J connectivity index is 0.000000641. The van der Waals surface area contributed by atoms with E-state index >= 15 is 0 Å². The molecule has 0 N–H and O–H groups in total. The SMILES string of the molecule is CC.CCC.CCn1cccc(CN2CC(C)C2)c1=O. The Morgan fingerprint density at radius 2 is 1.75 bits per heavy atom. The van der Waals surface area contributed by atoms with Crippen LogP contribution in [0.4, 0.5) is 0 Å². The van der Waals surface area contributed by atoms with E-state index in [-0.39, 0.29) is 5.56 Å². The molecule has 0 radical (unpaired) electrons. The van der Waals surface area contributed by atoms with E-state index < -0.39 is 0 Å². The number of rotatable bonds is 3. The highest BCUT2D eigenvalue weighted by Crippen LogP contribution is 2.15. The molecule has 0 bridgehead atoms. The van der Waals surface area contributed by atoms with Crippen LogP contribution in [0.3, 0.4) is 0 Å². The van der Waals surface area contributed by atoms with Gasteiger partial charge in [-0.15, -0.1) is 0 Å². The van der Waals surface area contributed by atoms with Crippen molar-refractivity contribution in [1.82, 2.24) is 9.47 Å². The molecule has 0 atom stereocenters. The molecule has 1 fully saturated rings. The van der Waals surface area contributed by atoms with Crippen LogP contribution in [-0.2, 0) is 13.1 Å². The summed E-state index contributed by atoms with van der Waals surface area (Å²) < 4.78 is 1.76. The molecule has 3 heteroatoms. The predicted octanol–water partition coefficient (Wildman–Crippen LogP) is 3.76. The van der Waals surface area contributed by atoms with Gasteiger partial charge >= 0.3 is 0 Å². The summed E-state index contributed by atoms with van der Waals surface area (Å²) in [6, 6.07) is 3.90. The largest absolute Gasteiger partial charge is 0.316 e. The van der Waals surface area contributed by atoms with Crippen molar-refractivity contribution in [3.63, 3.8) is 0 Å². The molecule has 0 spiro atoms. The van der Waals surface area contributed by atoms with Gasteiger partial charge in [0.2, 0.25) is 0 Å². The quantitative estimate of drug-likeness (QED) is 0.842. The van der Waals surface area contributed by atoms with Crippen LogP contribution in [0.15, 0.2) is 23.1 Å². The number of nitrogens with zero attached hydrogens (tertiary/aromatic N) is 2. The van der Waals surface area contributed by atoms with Crippen molar-refractivity contribution in [3.05, 3.63) is 34.2 Å². The summed E-state index contributed by atoms with van der Waals surface area (Å²) in [5.74, 6) is 0.794. The highest BCUT2D eigenvalue weighted by atomic mass is 16.1. The first-order chi connectivity index (χ1) is 9.62. The molecule has 0 aromatic carbocycles. The smallest absolute Gasteiger partial charge is 0.255 e. The third kappa shape index (κ3) is 5.91. The summed E-state index contributed by atoms with van der Waals surface area (Å²) in [4.78, 5) is 14.2. The van der Waals surface area contributed by atoms with Gasteiger partial charge in [-0.05, 0) is 18.9 Å². The summed E-state index contributed by atoms with van der Waals surface area (Å²) in [7, 11) is 0.